The Hall–Kier alpha value is -3.26. The summed E-state index contributed by atoms with van der Waals surface area (Å²) in [6.45, 7) is 0. The fourth-order valence-corrected chi connectivity index (χ4v) is 3.19. The fraction of sp³-hybridized carbons (Fsp3) is 0.111. The van der Waals surface area contributed by atoms with E-state index in [1.54, 1.807) is 24.5 Å². The molecule has 5 heteroatoms. The maximum absolute atomic E-state index is 9.67. The van der Waals surface area contributed by atoms with Crippen LogP contribution in [0.15, 0.2) is 41.0 Å². The minimum atomic E-state index is 0.193. The first kappa shape index (κ1) is 13.4. The molecule has 0 amide bonds. The summed E-state index contributed by atoms with van der Waals surface area (Å²) in [5, 5.41) is 19.2. The van der Waals surface area contributed by atoms with Crippen molar-refractivity contribution < 1.29 is 9.52 Å². The Morgan fingerprint density at radius 2 is 2.13 bits per heavy atom. The molecule has 23 heavy (non-hydrogen) atoms. The standard InChI is InChI=1S/C18H13N3O2/c19-9-14-16(15-2-1-7-23-15)13-5-3-10-8-11(22)4-6-12(10)17(13)21-18(14)20/h1-2,4,6-8,22H,3,5H2,(H2,20,21). The summed E-state index contributed by atoms with van der Waals surface area (Å²) in [5.41, 5.74) is 10.8. The zero-order chi connectivity index (χ0) is 16.0. The SMILES string of the molecule is N#Cc1c(N)nc2c(c1-c1ccco1)CCc1cc(O)ccc1-2. The van der Waals surface area contributed by atoms with E-state index in [0.717, 1.165) is 34.4 Å². The second kappa shape index (κ2) is 4.89. The molecule has 1 aliphatic rings. The van der Waals surface area contributed by atoms with E-state index in [1.165, 1.54) is 0 Å². The predicted octanol–water partition coefficient (Wildman–Crippen LogP) is 3.27. The van der Waals surface area contributed by atoms with Gasteiger partial charge in [0.05, 0.1) is 12.0 Å². The number of nitrogens with two attached hydrogens (primary N) is 1. The second-order valence-electron chi connectivity index (χ2n) is 5.50. The number of hydrogen-bond acceptors (Lipinski definition) is 5. The van der Waals surface area contributed by atoms with Crippen molar-refractivity contribution in [2.24, 2.45) is 0 Å². The third-order valence-corrected chi connectivity index (χ3v) is 4.19. The van der Waals surface area contributed by atoms with E-state index < -0.39 is 0 Å². The maximum atomic E-state index is 9.67. The molecule has 3 N–H and O–H groups in total. The Bertz CT molecular complexity index is 953. The number of aromatic nitrogens is 1. The lowest BCUT2D eigenvalue weighted by Crippen LogP contribution is -2.11. The molecular weight excluding hydrogens is 290 g/mol. The van der Waals surface area contributed by atoms with Gasteiger partial charge >= 0.3 is 0 Å². The average molecular weight is 303 g/mol. The van der Waals surface area contributed by atoms with E-state index >= 15 is 0 Å². The van der Waals surface area contributed by atoms with Gasteiger partial charge in [-0.15, -0.1) is 0 Å². The van der Waals surface area contributed by atoms with Crippen LogP contribution in [-0.2, 0) is 12.8 Å². The zero-order valence-corrected chi connectivity index (χ0v) is 12.2. The van der Waals surface area contributed by atoms with Gasteiger partial charge < -0.3 is 15.3 Å². The van der Waals surface area contributed by atoms with Crippen LogP contribution in [0, 0.1) is 11.3 Å². The fourth-order valence-electron chi connectivity index (χ4n) is 3.19. The van der Waals surface area contributed by atoms with Crippen LogP contribution in [-0.4, -0.2) is 10.1 Å². The number of aromatic hydroxyl groups is 1. The summed E-state index contributed by atoms with van der Waals surface area (Å²) < 4.78 is 5.52. The molecule has 2 heterocycles. The number of phenolic OH excluding ortho intramolecular Hbond substituents is 1. The van der Waals surface area contributed by atoms with Crippen LogP contribution >= 0.6 is 0 Å². The van der Waals surface area contributed by atoms with E-state index in [0.29, 0.717) is 17.7 Å². The number of fused-ring (bicyclic) bond motifs is 3. The van der Waals surface area contributed by atoms with Crippen molar-refractivity contribution in [3.05, 3.63) is 53.3 Å². The van der Waals surface area contributed by atoms with E-state index in [2.05, 4.69) is 11.1 Å². The van der Waals surface area contributed by atoms with Gasteiger partial charge in [0.25, 0.3) is 0 Å². The molecule has 3 aromatic rings. The Labute approximate surface area is 132 Å². The number of aryl methyl sites for hydroxylation is 1. The smallest absolute Gasteiger partial charge is 0.142 e. The van der Waals surface area contributed by atoms with Crippen LogP contribution in [0.1, 0.15) is 16.7 Å². The zero-order valence-electron chi connectivity index (χ0n) is 12.2. The minimum Gasteiger partial charge on any atom is -0.508 e. The van der Waals surface area contributed by atoms with E-state index in [4.69, 9.17) is 10.2 Å². The Morgan fingerprint density at radius 3 is 2.87 bits per heavy atom. The van der Waals surface area contributed by atoms with Crippen molar-refractivity contribution in [2.45, 2.75) is 12.8 Å². The van der Waals surface area contributed by atoms with Gasteiger partial charge in [-0.05, 0) is 54.3 Å². The van der Waals surface area contributed by atoms with Gasteiger partial charge in [-0.3, -0.25) is 0 Å². The molecule has 5 nitrogen and oxygen atoms in total. The molecular formula is C18H13N3O2. The van der Waals surface area contributed by atoms with Gasteiger partial charge in [0.15, 0.2) is 0 Å². The summed E-state index contributed by atoms with van der Waals surface area (Å²) in [6.07, 6.45) is 3.05. The molecule has 1 aromatic carbocycles. The number of nitriles is 1. The molecule has 0 saturated heterocycles. The second-order valence-corrected chi connectivity index (χ2v) is 5.50. The summed E-state index contributed by atoms with van der Waals surface area (Å²) >= 11 is 0. The number of benzene rings is 1. The van der Waals surface area contributed by atoms with E-state index in [1.807, 2.05) is 12.1 Å². The number of rotatable bonds is 1. The van der Waals surface area contributed by atoms with Gasteiger partial charge in [-0.2, -0.15) is 5.26 Å². The van der Waals surface area contributed by atoms with Crippen molar-refractivity contribution in [2.75, 3.05) is 5.73 Å². The first-order chi connectivity index (χ1) is 11.2. The van der Waals surface area contributed by atoms with Crippen molar-refractivity contribution in [3.63, 3.8) is 0 Å². The number of phenols is 1. The van der Waals surface area contributed by atoms with E-state index in [9.17, 15) is 10.4 Å². The predicted molar refractivity (Wildman–Crippen MR) is 85.6 cm³/mol. The van der Waals surface area contributed by atoms with Crippen LogP contribution in [0.5, 0.6) is 5.75 Å². The molecule has 0 fully saturated rings. The highest BCUT2D eigenvalue weighted by molar-refractivity contribution is 5.84. The summed E-state index contributed by atoms with van der Waals surface area (Å²) in [7, 11) is 0. The van der Waals surface area contributed by atoms with Crippen LogP contribution in [0.2, 0.25) is 0 Å². The molecule has 0 aliphatic heterocycles. The highest BCUT2D eigenvalue weighted by Gasteiger charge is 2.26. The topological polar surface area (TPSA) is 96.1 Å². The molecule has 112 valence electrons. The molecule has 0 unspecified atom stereocenters. The van der Waals surface area contributed by atoms with Crippen molar-refractivity contribution in [1.82, 2.24) is 4.98 Å². The largest absolute Gasteiger partial charge is 0.508 e. The van der Waals surface area contributed by atoms with Gasteiger partial charge in [0, 0.05) is 11.1 Å². The molecule has 0 saturated carbocycles. The first-order valence-electron chi connectivity index (χ1n) is 7.27. The third kappa shape index (κ3) is 1.96. The highest BCUT2D eigenvalue weighted by atomic mass is 16.3. The average Bonchev–Trinajstić information content (AvgIpc) is 3.07. The van der Waals surface area contributed by atoms with Gasteiger partial charge in [0.2, 0.25) is 0 Å². The number of furan rings is 1. The Balaban J connectivity index is 2.06. The molecule has 2 aromatic heterocycles. The van der Waals surface area contributed by atoms with Crippen molar-refractivity contribution >= 4 is 5.82 Å². The number of pyridine rings is 1. The normalized spacial score (nSPS) is 12.3. The van der Waals surface area contributed by atoms with Gasteiger partial charge in [-0.25, -0.2) is 4.98 Å². The lowest BCUT2D eigenvalue weighted by Gasteiger charge is -2.22. The molecule has 0 atom stereocenters. The molecule has 0 radical (unpaired) electrons. The van der Waals surface area contributed by atoms with Crippen molar-refractivity contribution in [3.8, 4) is 34.4 Å². The monoisotopic (exact) mass is 303 g/mol. The lowest BCUT2D eigenvalue weighted by molar-refractivity contribution is 0.474. The highest BCUT2D eigenvalue weighted by Crippen LogP contribution is 2.41. The lowest BCUT2D eigenvalue weighted by atomic mass is 9.84. The van der Waals surface area contributed by atoms with Crippen LogP contribution in [0.3, 0.4) is 0 Å². The van der Waals surface area contributed by atoms with E-state index in [-0.39, 0.29) is 11.6 Å². The van der Waals surface area contributed by atoms with Crippen LogP contribution < -0.4 is 5.73 Å². The van der Waals surface area contributed by atoms with Gasteiger partial charge in [-0.1, -0.05) is 0 Å². The minimum absolute atomic E-state index is 0.193. The molecule has 1 aliphatic carbocycles. The maximum Gasteiger partial charge on any atom is 0.142 e. The molecule has 0 bridgehead atoms. The number of anilines is 1. The number of hydrogen-bond donors (Lipinski definition) is 2. The summed E-state index contributed by atoms with van der Waals surface area (Å²) in [5.74, 6) is 1.05. The summed E-state index contributed by atoms with van der Waals surface area (Å²) in [6, 6.07) is 11.0. The number of nitrogen functional groups attached to an aromatic ring is 1. The molecule has 0 spiro atoms. The summed E-state index contributed by atoms with van der Waals surface area (Å²) in [4.78, 5) is 4.46. The van der Waals surface area contributed by atoms with Crippen LogP contribution in [0.25, 0.3) is 22.6 Å². The Morgan fingerprint density at radius 1 is 1.26 bits per heavy atom. The van der Waals surface area contributed by atoms with Crippen LogP contribution in [0.4, 0.5) is 5.82 Å². The third-order valence-electron chi connectivity index (χ3n) is 4.19. The first-order valence-corrected chi connectivity index (χ1v) is 7.27. The van der Waals surface area contributed by atoms with Gasteiger partial charge in [0.1, 0.15) is 29.0 Å². The number of nitrogens with zero attached hydrogens (tertiary/aromatic N) is 2. The Kier molecular flexibility index (Phi) is 2.85. The molecule has 4 rings (SSSR count). The quantitative estimate of drug-likeness (QED) is 0.719. The van der Waals surface area contributed by atoms with Crippen molar-refractivity contribution in [1.29, 1.82) is 5.26 Å².